The average molecular weight is 410 g/mol. The Labute approximate surface area is 178 Å². The van der Waals surface area contributed by atoms with E-state index >= 15 is 0 Å². The van der Waals surface area contributed by atoms with Crippen molar-refractivity contribution in [3.05, 3.63) is 77.9 Å². The first-order valence-electron chi connectivity index (χ1n) is 10.2. The lowest BCUT2D eigenvalue weighted by Gasteiger charge is -2.22. The quantitative estimate of drug-likeness (QED) is 0.535. The second kappa shape index (κ2) is 10.3. The van der Waals surface area contributed by atoms with Gasteiger partial charge < -0.3 is 24.5 Å². The van der Waals surface area contributed by atoms with Crippen LogP contribution in [-0.4, -0.2) is 41.0 Å². The van der Waals surface area contributed by atoms with E-state index in [-0.39, 0.29) is 12.6 Å². The number of nitrogens with one attached hydrogen (secondary N) is 1. The van der Waals surface area contributed by atoms with Crippen molar-refractivity contribution in [3.63, 3.8) is 0 Å². The van der Waals surface area contributed by atoms with E-state index in [1.807, 2.05) is 54.2 Å². The summed E-state index contributed by atoms with van der Waals surface area (Å²) in [6, 6.07) is 15.7. The molecule has 2 aromatic carbocycles. The summed E-state index contributed by atoms with van der Waals surface area (Å²) in [4.78, 5) is 4.49. The van der Waals surface area contributed by atoms with Gasteiger partial charge >= 0.3 is 0 Å². The fourth-order valence-electron chi connectivity index (χ4n) is 3.29. The summed E-state index contributed by atoms with van der Waals surface area (Å²) in [5, 5.41) is 13.9. The summed E-state index contributed by atoms with van der Waals surface area (Å²) in [5.74, 6) is 2.88. The van der Waals surface area contributed by atoms with Crippen molar-refractivity contribution in [2.24, 2.45) is 7.05 Å². The molecule has 0 radical (unpaired) electrons. The monoisotopic (exact) mass is 409 g/mol. The van der Waals surface area contributed by atoms with Crippen LogP contribution in [-0.2, 0) is 7.05 Å². The molecule has 0 saturated heterocycles. The van der Waals surface area contributed by atoms with Gasteiger partial charge in [0, 0.05) is 26.0 Å². The van der Waals surface area contributed by atoms with Gasteiger partial charge in [0.05, 0.1) is 13.2 Å². The molecule has 0 aliphatic heterocycles. The van der Waals surface area contributed by atoms with Crippen molar-refractivity contribution in [2.75, 3.05) is 20.3 Å². The van der Waals surface area contributed by atoms with Crippen molar-refractivity contribution >= 4 is 0 Å². The van der Waals surface area contributed by atoms with Crippen molar-refractivity contribution in [1.29, 1.82) is 0 Å². The third-order valence-corrected chi connectivity index (χ3v) is 5.09. The molecular weight excluding hydrogens is 378 g/mol. The first-order valence-corrected chi connectivity index (χ1v) is 10.2. The molecule has 1 aromatic heterocycles. The number of rotatable bonds is 10. The lowest BCUT2D eigenvalue weighted by molar-refractivity contribution is 0.104. The van der Waals surface area contributed by atoms with Crippen LogP contribution in [0.1, 0.15) is 42.8 Å². The summed E-state index contributed by atoms with van der Waals surface area (Å²) in [5.41, 5.74) is 2.28. The van der Waals surface area contributed by atoms with E-state index in [1.165, 1.54) is 5.56 Å². The third-order valence-electron chi connectivity index (χ3n) is 5.09. The highest BCUT2D eigenvalue weighted by atomic mass is 16.5. The number of benzene rings is 2. The smallest absolute Gasteiger partial charge is 0.130 e. The summed E-state index contributed by atoms with van der Waals surface area (Å²) in [7, 11) is 3.61. The van der Waals surface area contributed by atoms with Gasteiger partial charge in [-0.15, -0.1) is 0 Å². The van der Waals surface area contributed by atoms with E-state index < -0.39 is 6.10 Å². The van der Waals surface area contributed by atoms with Crippen molar-refractivity contribution in [2.45, 2.75) is 31.9 Å². The summed E-state index contributed by atoms with van der Waals surface area (Å²) in [6.45, 7) is 4.88. The van der Waals surface area contributed by atoms with Crippen LogP contribution in [0.15, 0.2) is 60.9 Å². The molecule has 6 heteroatoms. The molecular formula is C24H31N3O3. The molecule has 3 aromatic rings. The van der Waals surface area contributed by atoms with Crippen LogP contribution in [0.3, 0.4) is 0 Å². The van der Waals surface area contributed by atoms with E-state index in [0.29, 0.717) is 12.5 Å². The largest absolute Gasteiger partial charge is 0.497 e. The van der Waals surface area contributed by atoms with Crippen LogP contribution < -0.4 is 14.8 Å². The highest BCUT2D eigenvalue weighted by molar-refractivity contribution is 5.33. The van der Waals surface area contributed by atoms with Crippen LogP contribution in [0.2, 0.25) is 0 Å². The minimum Gasteiger partial charge on any atom is -0.497 e. The predicted molar refractivity (Wildman–Crippen MR) is 118 cm³/mol. The fourth-order valence-corrected chi connectivity index (χ4v) is 3.29. The van der Waals surface area contributed by atoms with Crippen molar-refractivity contribution < 1.29 is 14.6 Å². The van der Waals surface area contributed by atoms with Gasteiger partial charge in [0.2, 0.25) is 0 Å². The van der Waals surface area contributed by atoms with Crippen LogP contribution in [0.4, 0.5) is 0 Å². The molecule has 160 valence electrons. The maximum Gasteiger partial charge on any atom is 0.130 e. The van der Waals surface area contributed by atoms with E-state index in [4.69, 9.17) is 9.47 Å². The fraction of sp³-hybridized carbons (Fsp3) is 0.375. The second-order valence-electron chi connectivity index (χ2n) is 7.70. The van der Waals surface area contributed by atoms with Gasteiger partial charge in [-0.1, -0.05) is 38.1 Å². The second-order valence-corrected chi connectivity index (χ2v) is 7.70. The number of hydrogen-bond donors (Lipinski definition) is 2. The molecule has 0 spiro atoms. The lowest BCUT2D eigenvalue weighted by Crippen LogP contribution is -2.35. The third kappa shape index (κ3) is 5.62. The summed E-state index contributed by atoms with van der Waals surface area (Å²) >= 11 is 0. The van der Waals surface area contributed by atoms with Gasteiger partial charge in [-0.3, -0.25) is 0 Å². The molecule has 0 fully saturated rings. The number of aryl methyl sites for hydroxylation is 1. The maximum atomic E-state index is 10.5. The summed E-state index contributed by atoms with van der Waals surface area (Å²) in [6.07, 6.45) is 3.01. The van der Waals surface area contributed by atoms with E-state index in [2.05, 4.69) is 36.3 Å². The van der Waals surface area contributed by atoms with Gasteiger partial charge in [0.1, 0.15) is 30.0 Å². The first kappa shape index (κ1) is 21.9. The molecule has 0 aliphatic rings. The Hall–Kier alpha value is -2.83. The molecule has 1 heterocycles. The number of aromatic nitrogens is 2. The van der Waals surface area contributed by atoms with Crippen LogP contribution in [0.5, 0.6) is 11.5 Å². The van der Waals surface area contributed by atoms with Gasteiger partial charge in [-0.05, 0) is 41.3 Å². The van der Waals surface area contributed by atoms with Crippen molar-refractivity contribution in [1.82, 2.24) is 14.9 Å². The topological polar surface area (TPSA) is 68.5 Å². The maximum absolute atomic E-state index is 10.5. The Balaban J connectivity index is 1.62. The Morgan fingerprint density at radius 1 is 1.07 bits per heavy atom. The summed E-state index contributed by atoms with van der Waals surface area (Å²) < 4.78 is 13.1. The SMILES string of the molecule is COc1cccc(C(NCC(O)COc2ccc(C(C)C)cc2)c2nccn2C)c1. The molecule has 0 saturated carbocycles. The van der Waals surface area contributed by atoms with E-state index in [9.17, 15) is 5.11 Å². The minimum atomic E-state index is -0.664. The first-order chi connectivity index (χ1) is 14.5. The predicted octanol–water partition coefficient (Wildman–Crippen LogP) is 3.67. The molecule has 3 rings (SSSR count). The standard InChI is InChI=1S/C24H31N3O3/c1-17(2)18-8-10-21(11-9-18)30-16-20(28)15-26-23(24-25-12-13-27(24)3)19-6-5-7-22(14-19)29-4/h5-14,17,20,23,26,28H,15-16H2,1-4H3. The Morgan fingerprint density at radius 2 is 1.83 bits per heavy atom. The van der Waals surface area contributed by atoms with Crippen LogP contribution >= 0.6 is 0 Å². The number of aliphatic hydroxyl groups is 1. The molecule has 0 bridgehead atoms. The normalized spacial score (nSPS) is 13.3. The zero-order valence-electron chi connectivity index (χ0n) is 18.1. The Bertz CT molecular complexity index is 921. The molecule has 30 heavy (non-hydrogen) atoms. The molecule has 2 N–H and O–H groups in total. The average Bonchev–Trinajstić information content (AvgIpc) is 3.18. The number of aliphatic hydroxyl groups excluding tert-OH is 1. The number of hydrogen-bond acceptors (Lipinski definition) is 5. The lowest BCUT2D eigenvalue weighted by atomic mass is 10.0. The zero-order chi connectivity index (χ0) is 21.5. The van der Waals surface area contributed by atoms with Crippen LogP contribution in [0.25, 0.3) is 0 Å². The van der Waals surface area contributed by atoms with Gasteiger partial charge in [0.25, 0.3) is 0 Å². The number of imidazole rings is 1. The zero-order valence-corrected chi connectivity index (χ0v) is 18.1. The molecule has 2 atom stereocenters. The number of methoxy groups -OCH3 is 1. The molecule has 6 nitrogen and oxygen atoms in total. The van der Waals surface area contributed by atoms with Crippen LogP contribution in [0, 0.1) is 0 Å². The van der Waals surface area contributed by atoms with Crippen molar-refractivity contribution in [3.8, 4) is 11.5 Å². The van der Waals surface area contributed by atoms with Gasteiger partial charge in [-0.2, -0.15) is 0 Å². The van der Waals surface area contributed by atoms with Gasteiger partial charge in [0.15, 0.2) is 0 Å². The highest BCUT2D eigenvalue weighted by Gasteiger charge is 2.20. The Kier molecular flexibility index (Phi) is 7.49. The molecule has 0 aliphatic carbocycles. The van der Waals surface area contributed by atoms with E-state index in [0.717, 1.165) is 22.9 Å². The highest BCUT2D eigenvalue weighted by Crippen LogP contribution is 2.24. The minimum absolute atomic E-state index is 0.180. The van der Waals surface area contributed by atoms with Gasteiger partial charge in [-0.25, -0.2) is 4.98 Å². The molecule has 2 unspecified atom stereocenters. The van der Waals surface area contributed by atoms with E-state index in [1.54, 1.807) is 13.3 Å². The molecule has 0 amide bonds. The Morgan fingerprint density at radius 3 is 2.47 bits per heavy atom. The number of ether oxygens (including phenoxy) is 2. The number of nitrogens with zero attached hydrogens (tertiary/aromatic N) is 2.